The number of hydrogen-bond donors (Lipinski definition) is 2. The van der Waals surface area contributed by atoms with Crippen LogP contribution < -0.4 is 10.6 Å². The van der Waals surface area contributed by atoms with E-state index in [1.807, 2.05) is 26.4 Å². The lowest BCUT2D eigenvalue weighted by Crippen LogP contribution is -2.11. The van der Waals surface area contributed by atoms with E-state index in [0.29, 0.717) is 0 Å². The van der Waals surface area contributed by atoms with Crippen molar-refractivity contribution in [3.8, 4) is 11.3 Å². The van der Waals surface area contributed by atoms with Gasteiger partial charge in [-0.1, -0.05) is 23.5 Å². The molecule has 2 heterocycles. The number of aromatic nitrogens is 2. The number of thiazole rings is 1. The normalized spacial score (nSPS) is 12.5. The van der Waals surface area contributed by atoms with Crippen molar-refractivity contribution >= 4 is 27.4 Å². The summed E-state index contributed by atoms with van der Waals surface area (Å²) < 4.78 is 0. The molecular weight excluding hydrogens is 280 g/mol. The maximum atomic E-state index is 4.72. The van der Waals surface area contributed by atoms with Gasteiger partial charge in [0.25, 0.3) is 0 Å². The highest BCUT2D eigenvalue weighted by Crippen LogP contribution is 2.36. The van der Waals surface area contributed by atoms with Crippen LogP contribution in [0.25, 0.3) is 22.2 Å². The number of anilines is 1. The molecule has 0 fully saturated rings. The summed E-state index contributed by atoms with van der Waals surface area (Å²) in [5.74, 6) is 0. The maximum absolute atomic E-state index is 4.72. The third-order valence-corrected chi connectivity index (χ3v) is 4.83. The van der Waals surface area contributed by atoms with Gasteiger partial charge >= 0.3 is 0 Å². The van der Waals surface area contributed by atoms with Gasteiger partial charge in [-0.15, -0.1) is 0 Å². The molecule has 0 amide bonds. The first-order valence-corrected chi connectivity index (χ1v) is 7.75. The van der Waals surface area contributed by atoms with Gasteiger partial charge in [0.15, 0.2) is 5.13 Å². The highest BCUT2D eigenvalue weighted by atomic mass is 32.1. The second-order valence-electron chi connectivity index (χ2n) is 4.90. The molecule has 0 aliphatic carbocycles. The van der Waals surface area contributed by atoms with Gasteiger partial charge in [0.1, 0.15) is 0 Å². The monoisotopic (exact) mass is 298 g/mol. The van der Waals surface area contributed by atoms with Crippen LogP contribution in [-0.2, 0) is 0 Å². The molecule has 0 spiro atoms. The number of rotatable bonds is 4. The number of nitrogens with one attached hydrogen (secondary N) is 2. The fraction of sp³-hybridized carbons (Fsp3) is 0.250. The highest BCUT2D eigenvalue weighted by molar-refractivity contribution is 7.16. The van der Waals surface area contributed by atoms with Crippen molar-refractivity contribution < 1.29 is 0 Å². The molecule has 3 aromatic rings. The third-order valence-electron chi connectivity index (χ3n) is 3.57. The Labute approximate surface area is 128 Å². The van der Waals surface area contributed by atoms with E-state index in [2.05, 4.69) is 46.8 Å². The molecular formula is C16H18N4S. The molecule has 0 radical (unpaired) electrons. The predicted molar refractivity (Wildman–Crippen MR) is 89.9 cm³/mol. The average molecular weight is 298 g/mol. The maximum Gasteiger partial charge on any atom is 0.183 e. The molecule has 1 unspecified atom stereocenters. The Balaban J connectivity index is 2.14. The van der Waals surface area contributed by atoms with Crippen LogP contribution in [0.5, 0.6) is 0 Å². The molecule has 1 atom stereocenters. The molecule has 1 aromatic carbocycles. The molecule has 4 nitrogen and oxygen atoms in total. The summed E-state index contributed by atoms with van der Waals surface area (Å²) in [4.78, 5) is 10.3. The SMILES string of the molecule is CNc1nc(-c2ccc3ncccc3c2)c(C(C)NC)s1. The van der Waals surface area contributed by atoms with Crippen LogP contribution >= 0.6 is 11.3 Å². The minimum Gasteiger partial charge on any atom is -0.365 e. The highest BCUT2D eigenvalue weighted by Gasteiger charge is 2.17. The van der Waals surface area contributed by atoms with Crippen molar-refractivity contribution in [2.75, 3.05) is 19.4 Å². The minimum absolute atomic E-state index is 0.268. The van der Waals surface area contributed by atoms with E-state index in [9.17, 15) is 0 Å². The van der Waals surface area contributed by atoms with E-state index in [1.165, 1.54) is 4.88 Å². The first-order chi connectivity index (χ1) is 10.2. The standard InChI is InChI=1S/C16H18N4S/c1-10(17-2)15-14(20-16(18-3)21-15)12-6-7-13-11(9-12)5-4-8-19-13/h4-10,17H,1-3H3,(H,18,20). The van der Waals surface area contributed by atoms with E-state index in [1.54, 1.807) is 11.3 Å². The summed E-state index contributed by atoms with van der Waals surface area (Å²) >= 11 is 1.69. The van der Waals surface area contributed by atoms with Crippen molar-refractivity contribution in [2.45, 2.75) is 13.0 Å². The zero-order chi connectivity index (χ0) is 14.8. The second kappa shape index (κ2) is 5.79. The van der Waals surface area contributed by atoms with Gasteiger partial charge in [-0.3, -0.25) is 4.98 Å². The number of benzene rings is 1. The topological polar surface area (TPSA) is 49.8 Å². The first kappa shape index (κ1) is 14.0. The lowest BCUT2D eigenvalue weighted by atomic mass is 10.1. The first-order valence-electron chi connectivity index (χ1n) is 6.94. The fourth-order valence-electron chi connectivity index (χ4n) is 2.29. The minimum atomic E-state index is 0.268. The van der Waals surface area contributed by atoms with Gasteiger partial charge in [0.2, 0.25) is 0 Å². The van der Waals surface area contributed by atoms with Crippen LogP contribution in [0.2, 0.25) is 0 Å². The molecule has 0 aliphatic heterocycles. The van der Waals surface area contributed by atoms with Gasteiger partial charge in [0, 0.05) is 30.2 Å². The molecule has 21 heavy (non-hydrogen) atoms. The summed E-state index contributed by atoms with van der Waals surface area (Å²) in [5, 5.41) is 8.51. The van der Waals surface area contributed by atoms with Crippen molar-refractivity contribution in [3.05, 3.63) is 41.4 Å². The summed E-state index contributed by atoms with van der Waals surface area (Å²) in [5.41, 5.74) is 3.18. The number of hydrogen-bond acceptors (Lipinski definition) is 5. The average Bonchev–Trinajstić information content (AvgIpc) is 2.98. The van der Waals surface area contributed by atoms with Crippen LogP contribution in [0.4, 0.5) is 5.13 Å². The van der Waals surface area contributed by atoms with Crippen LogP contribution in [0.15, 0.2) is 36.5 Å². The van der Waals surface area contributed by atoms with Crippen LogP contribution in [0.1, 0.15) is 17.8 Å². The quantitative estimate of drug-likeness (QED) is 0.771. The molecule has 0 saturated heterocycles. The van der Waals surface area contributed by atoms with E-state index in [4.69, 9.17) is 4.98 Å². The predicted octanol–water partition coefficient (Wildman–Crippen LogP) is 3.68. The van der Waals surface area contributed by atoms with Gasteiger partial charge in [-0.25, -0.2) is 4.98 Å². The molecule has 0 saturated carbocycles. The lowest BCUT2D eigenvalue weighted by molar-refractivity contribution is 0.664. The molecule has 0 aliphatic rings. The van der Waals surface area contributed by atoms with Gasteiger partial charge in [-0.05, 0) is 32.2 Å². The smallest absolute Gasteiger partial charge is 0.183 e. The number of pyridine rings is 1. The number of nitrogens with zero attached hydrogens (tertiary/aromatic N) is 2. The molecule has 108 valence electrons. The fourth-order valence-corrected chi connectivity index (χ4v) is 3.30. The Morgan fingerprint density at radius 3 is 2.81 bits per heavy atom. The van der Waals surface area contributed by atoms with Gasteiger partial charge in [0.05, 0.1) is 16.1 Å². The Morgan fingerprint density at radius 2 is 2.05 bits per heavy atom. The third kappa shape index (κ3) is 2.62. The zero-order valence-corrected chi connectivity index (χ0v) is 13.2. The van der Waals surface area contributed by atoms with Crippen molar-refractivity contribution in [3.63, 3.8) is 0 Å². The summed E-state index contributed by atoms with van der Waals surface area (Å²) in [7, 11) is 3.87. The molecule has 2 aromatic heterocycles. The van der Waals surface area contributed by atoms with Crippen molar-refractivity contribution in [2.24, 2.45) is 0 Å². The Hall–Kier alpha value is -1.98. The van der Waals surface area contributed by atoms with Crippen molar-refractivity contribution in [1.29, 1.82) is 0 Å². The molecule has 3 rings (SSSR count). The number of fused-ring (bicyclic) bond motifs is 1. The summed E-state index contributed by atoms with van der Waals surface area (Å²) in [6, 6.07) is 10.6. The Bertz CT molecular complexity index is 766. The van der Waals surface area contributed by atoms with Crippen LogP contribution in [0, 0.1) is 0 Å². The van der Waals surface area contributed by atoms with Crippen LogP contribution in [0.3, 0.4) is 0 Å². The lowest BCUT2D eigenvalue weighted by Gasteiger charge is -2.10. The van der Waals surface area contributed by atoms with E-state index in [-0.39, 0.29) is 6.04 Å². The van der Waals surface area contributed by atoms with Gasteiger partial charge < -0.3 is 10.6 Å². The zero-order valence-electron chi connectivity index (χ0n) is 12.3. The second-order valence-corrected chi connectivity index (χ2v) is 5.93. The summed E-state index contributed by atoms with van der Waals surface area (Å²) in [6.07, 6.45) is 1.82. The van der Waals surface area contributed by atoms with Crippen molar-refractivity contribution in [1.82, 2.24) is 15.3 Å². The van der Waals surface area contributed by atoms with E-state index in [0.717, 1.165) is 27.3 Å². The summed E-state index contributed by atoms with van der Waals surface area (Å²) in [6.45, 7) is 2.15. The van der Waals surface area contributed by atoms with E-state index >= 15 is 0 Å². The van der Waals surface area contributed by atoms with E-state index < -0.39 is 0 Å². The van der Waals surface area contributed by atoms with Gasteiger partial charge in [-0.2, -0.15) is 0 Å². The molecule has 0 bridgehead atoms. The largest absolute Gasteiger partial charge is 0.365 e. The molecule has 5 heteroatoms. The van der Waals surface area contributed by atoms with Crippen LogP contribution in [-0.4, -0.2) is 24.1 Å². The Kier molecular flexibility index (Phi) is 3.86. The Morgan fingerprint density at radius 1 is 1.19 bits per heavy atom. The molecule has 2 N–H and O–H groups in total.